The van der Waals surface area contributed by atoms with Crippen LogP contribution in [0, 0.1) is 5.41 Å². The quantitative estimate of drug-likeness (QED) is 0.827. The molecule has 2 bridgehead atoms. The molecule has 3 aliphatic rings. The van der Waals surface area contributed by atoms with Gasteiger partial charge >= 0.3 is 0 Å². The molecule has 2 heterocycles. The maximum Gasteiger partial charge on any atom is 0.0113 e. The maximum atomic E-state index is 3.53. The topological polar surface area (TPSA) is 15.3 Å². The molecule has 1 N–H and O–H groups in total. The number of nitrogens with one attached hydrogen (secondary N) is 1. The zero-order chi connectivity index (χ0) is 12.6. The summed E-state index contributed by atoms with van der Waals surface area (Å²) in [5, 5.41) is 3.53. The van der Waals surface area contributed by atoms with E-state index in [-0.39, 0.29) is 0 Å². The summed E-state index contributed by atoms with van der Waals surface area (Å²) < 4.78 is 0. The van der Waals surface area contributed by atoms with Gasteiger partial charge in [0.1, 0.15) is 0 Å². The van der Waals surface area contributed by atoms with Gasteiger partial charge in [0, 0.05) is 24.7 Å². The predicted molar refractivity (Wildman–Crippen MR) is 76.8 cm³/mol. The molecule has 2 atom stereocenters. The summed E-state index contributed by atoms with van der Waals surface area (Å²) in [7, 11) is 2.15. The van der Waals surface area contributed by atoms with Crippen LogP contribution in [-0.2, 0) is 0 Å². The molecule has 0 aromatic carbocycles. The van der Waals surface area contributed by atoms with E-state index in [0.29, 0.717) is 5.41 Å². The van der Waals surface area contributed by atoms with E-state index < -0.39 is 0 Å². The first kappa shape index (κ1) is 12.9. The van der Waals surface area contributed by atoms with E-state index in [9.17, 15) is 0 Å². The second-order valence-corrected chi connectivity index (χ2v) is 7.39. The average Bonchev–Trinajstić information content (AvgIpc) is 2.75. The largest absolute Gasteiger partial charge is 0.317 e. The van der Waals surface area contributed by atoms with Gasteiger partial charge in [0.05, 0.1) is 0 Å². The molecule has 0 aromatic rings. The Labute approximate surface area is 113 Å². The molecule has 1 saturated carbocycles. The van der Waals surface area contributed by atoms with Crippen molar-refractivity contribution >= 4 is 0 Å². The van der Waals surface area contributed by atoms with E-state index in [4.69, 9.17) is 0 Å². The van der Waals surface area contributed by atoms with Gasteiger partial charge in [0.15, 0.2) is 0 Å². The Morgan fingerprint density at radius 2 is 1.67 bits per heavy atom. The Morgan fingerprint density at radius 3 is 2.22 bits per heavy atom. The number of fused-ring (bicyclic) bond motifs is 2. The minimum atomic E-state index is 0.639. The number of piperidine rings is 2. The van der Waals surface area contributed by atoms with Crippen LogP contribution >= 0.6 is 0 Å². The van der Waals surface area contributed by atoms with Crippen LogP contribution in [0.2, 0.25) is 0 Å². The molecule has 104 valence electrons. The van der Waals surface area contributed by atoms with Crippen LogP contribution in [0.3, 0.4) is 0 Å². The summed E-state index contributed by atoms with van der Waals surface area (Å²) in [4.78, 5) is 2.92. The SMILES string of the molecule is CNC1CC2CCCC(C1)N2CC1(C)CCCC1. The Morgan fingerprint density at radius 1 is 1.06 bits per heavy atom. The van der Waals surface area contributed by atoms with Crippen molar-refractivity contribution in [1.82, 2.24) is 10.2 Å². The Kier molecular flexibility index (Phi) is 3.68. The van der Waals surface area contributed by atoms with Crippen molar-refractivity contribution in [3.8, 4) is 0 Å². The number of nitrogens with zero attached hydrogens (tertiary/aromatic N) is 1. The summed E-state index contributed by atoms with van der Waals surface area (Å²) in [6, 6.07) is 2.55. The number of hydrogen-bond acceptors (Lipinski definition) is 2. The first-order valence-corrected chi connectivity index (χ1v) is 8.13. The highest BCUT2D eigenvalue weighted by atomic mass is 15.2. The van der Waals surface area contributed by atoms with Gasteiger partial charge in [0.2, 0.25) is 0 Å². The summed E-state index contributed by atoms with van der Waals surface area (Å²) in [6.45, 7) is 3.93. The molecule has 3 fully saturated rings. The van der Waals surface area contributed by atoms with Gasteiger partial charge in [-0.3, -0.25) is 4.90 Å². The molecule has 2 nitrogen and oxygen atoms in total. The van der Waals surface area contributed by atoms with Crippen LogP contribution < -0.4 is 5.32 Å². The lowest BCUT2D eigenvalue weighted by molar-refractivity contribution is -0.00375. The summed E-state index contributed by atoms with van der Waals surface area (Å²) in [5.74, 6) is 0. The van der Waals surface area contributed by atoms with Gasteiger partial charge in [-0.1, -0.05) is 26.2 Å². The number of hydrogen-bond donors (Lipinski definition) is 1. The highest BCUT2D eigenvalue weighted by Gasteiger charge is 2.41. The normalized spacial score (nSPS) is 40.0. The smallest absolute Gasteiger partial charge is 0.0113 e. The third-order valence-electron chi connectivity index (χ3n) is 5.91. The minimum absolute atomic E-state index is 0.639. The maximum absolute atomic E-state index is 3.53. The molecule has 0 amide bonds. The second-order valence-electron chi connectivity index (χ2n) is 7.39. The Bertz CT molecular complexity index is 269. The third kappa shape index (κ3) is 2.46. The predicted octanol–water partition coefficient (Wildman–Crippen LogP) is 3.17. The van der Waals surface area contributed by atoms with Gasteiger partial charge in [-0.25, -0.2) is 0 Å². The van der Waals surface area contributed by atoms with Gasteiger partial charge < -0.3 is 5.32 Å². The van der Waals surface area contributed by atoms with Crippen molar-refractivity contribution in [1.29, 1.82) is 0 Å². The van der Waals surface area contributed by atoms with E-state index in [1.165, 1.54) is 64.3 Å². The molecular formula is C16H30N2. The molecule has 2 aliphatic heterocycles. The van der Waals surface area contributed by atoms with Crippen LogP contribution in [0.5, 0.6) is 0 Å². The monoisotopic (exact) mass is 250 g/mol. The van der Waals surface area contributed by atoms with Crippen LogP contribution in [0.1, 0.15) is 64.7 Å². The van der Waals surface area contributed by atoms with E-state index in [0.717, 1.165) is 18.1 Å². The summed E-state index contributed by atoms with van der Waals surface area (Å²) in [5.41, 5.74) is 0.639. The van der Waals surface area contributed by atoms with Crippen molar-refractivity contribution in [3.05, 3.63) is 0 Å². The molecule has 2 saturated heterocycles. The van der Waals surface area contributed by atoms with E-state index in [2.05, 4.69) is 24.2 Å². The van der Waals surface area contributed by atoms with Crippen LogP contribution in [0.25, 0.3) is 0 Å². The minimum Gasteiger partial charge on any atom is -0.317 e. The standard InChI is InChI=1S/C16H30N2/c1-16(8-3-4-9-16)12-18-14-6-5-7-15(18)11-13(10-14)17-2/h13-15,17H,3-12H2,1-2H3. The summed E-state index contributed by atoms with van der Waals surface area (Å²) in [6.07, 6.45) is 13.0. The lowest BCUT2D eigenvalue weighted by Crippen LogP contribution is -2.57. The van der Waals surface area contributed by atoms with Crippen molar-refractivity contribution in [3.63, 3.8) is 0 Å². The Hall–Kier alpha value is -0.0800. The van der Waals surface area contributed by atoms with Crippen LogP contribution in [0.15, 0.2) is 0 Å². The molecular weight excluding hydrogens is 220 g/mol. The van der Waals surface area contributed by atoms with E-state index in [1.807, 2.05) is 0 Å². The Balaban J connectivity index is 1.68. The number of rotatable bonds is 3. The molecule has 0 spiro atoms. The van der Waals surface area contributed by atoms with Crippen molar-refractivity contribution < 1.29 is 0 Å². The third-order valence-corrected chi connectivity index (χ3v) is 5.91. The second kappa shape index (κ2) is 5.13. The molecule has 2 unspecified atom stereocenters. The molecule has 1 aliphatic carbocycles. The van der Waals surface area contributed by atoms with Crippen molar-refractivity contribution in [2.24, 2.45) is 5.41 Å². The molecule has 3 rings (SSSR count). The first-order chi connectivity index (χ1) is 8.70. The first-order valence-electron chi connectivity index (χ1n) is 8.13. The zero-order valence-corrected chi connectivity index (χ0v) is 12.3. The molecule has 2 heteroatoms. The van der Waals surface area contributed by atoms with Gasteiger partial charge in [-0.2, -0.15) is 0 Å². The molecule has 18 heavy (non-hydrogen) atoms. The zero-order valence-electron chi connectivity index (χ0n) is 12.3. The van der Waals surface area contributed by atoms with Gasteiger partial charge in [0.25, 0.3) is 0 Å². The van der Waals surface area contributed by atoms with Gasteiger partial charge in [-0.15, -0.1) is 0 Å². The fourth-order valence-corrected chi connectivity index (χ4v) is 4.80. The van der Waals surface area contributed by atoms with E-state index >= 15 is 0 Å². The lowest BCUT2D eigenvalue weighted by Gasteiger charge is -2.51. The highest BCUT2D eigenvalue weighted by molar-refractivity contribution is 4.97. The van der Waals surface area contributed by atoms with Crippen LogP contribution in [0.4, 0.5) is 0 Å². The van der Waals surface area contributed by atoms with E-state index in [1.54, 1.807) is 0 Å². The fraction of sp³-hybridized carbons (Fsp3) is 1.00. The molecule has 0 radical (unpaired) electrons. The summed E-state index contributed by atoms with van der Waals surface area (Å²) >= 11 is 0. The van der Waals surface area contributed by atoms with Crippen molar-refractivity contribution in [2.45, 2.75) is 82.8 Å². The highest BCUT2D eigenvalue weighted by Crippen LogP contribution is 2.42. The molecule has 0 aromatic heterocycles. The lowest BCUT2D eigenvalue weighted by atomic mass is 9.78. The van der Waals surface area contributed by atoms with Crippen molar-refractivity contribution in [2.75, 3.05) is 13.6 Å². The van der Waals surface area contributed by atoms with Gasteiger partial charge in [-0.05, 0) is 51.0 Å². The van der Waals surface area contributed by atoms with Crippen LogP contribution in [-0.4, -0.2) is 36.6 Å². The fourth-order valence-electron chi connectivity index (χ4n) is 4.80. The average molecular weight is 250 g/mol.